The van der Waals surface area contributed by atoms with Crippen molar-refractivity contribution in [2.75, 3.05) is 0 Å². The first-order valence-electron chi connectivity index (χ1n) is 5.83. The Morgan fingerprint density at radius 1 is 1.20 bits per heavy atom. The van der Waals surface area contributed by atoms with Gasteiger partial charge in [0.15, 0.2) is 5.78 Å². The van der Waals surface area contributed by atoms with E-state index in [0.717, 1.165) is 0 Å². The number of carbonyl (C=O) groups is 1. The van der Waals surface area contributed by atoms with E-state index >= 15 is 0 Å². The number of allylic oxidation sites excluding steroid dienone is 1. The Kier molecular flexibility index (Phi) is 4.55. The first-order valence-corrected chi connectivity index (χ1v) is 5.83. The normalized spacial score (nSPS) is 10.9. The molecule has 1 heterocycles. The van der Waals surface area contributed by atoms with Crippen LogP contribution < -0.4 is 4.74 Å². The Morgan fingerprint density at radius 2 is 2.00 bits per heavy atom. The molecule has 0 radical (unpaired) electrons. The summed E-state index contributed by atoms with van der Waals surface area (Å²) in [5.74, 6) is -0.234. The second kappa shape index (κ2) is 6.56. The average molecular weight is 275 g/mol. The summed E-state index contributed by atoms with van der Waals surface area (Å²) in [5.41, 5.74) is 0.834. The summed E-state index contributed by atoms with van der Waals surface area (Å²) in [5, 5.41) is 0. The second-order valence-corrected chi connectivity index (χ2v) is 3.86. The van der Waals surface area contributed by atoms with E-state index in [1.807, 2.05) is 0 Å². The summed E-state index contributed by atoms with van der Waals surface area (Å²) < 4.78 is 28.9. The lowest BCUT2D eigenvalue weighted by Crippen LogP contribution is -2.03. The highest BCUT2D eigenvalue weighted by Crippen LogP contribution is 2.21. The topological polar surface area (TPSA) is 39.2 Å². The number of benzene rings is 1. The van der Waals surface area contributed by atoms with Crippen molar-refractivity contribution in [3.05, 3.63) is 66.0 Å². The van der Waals surface area contributed by atoms with Crippen LogP contribution in [0.1, 0.15) is 15.9 Å². The number of pyridine rings is 1. The molecule has 0 aliphatic rings. The molecule has 0 aliphatic carbocycles. The molecule has 2 rings (SSSR count). The molecule has 1 aromatic carbocycles. The van der Waals surface area contributed by atoms with Crippen LogP contribution in [0, 0.1) is 0 Å². The van der Waals surface area contributed by atoms with Gasteiger partial charge in [-0.15, -0.1) is 0 Å². The van der Waals surface area contributed by atoms with Gasteiger partial charge < -0.3 is 4.74 Å². The predicted octanol–water partition coefficient (Wildman–Crippen LogP) is 3.58. The molecule has 102 valence electrons. The van der Waals surface area contributed by atoms with E-state index in [1.54, 1.807) is 36.5 Å². The molecular formula is C15H11F2NO2. The summed E-state index contributed by atoms with van der Waals surface area (Å²) in [6.45, 7) is -2.90. The summed E-state index contributed by atoms with van der Waals surface area (Å²) >= 11 is 0. The lowest BCUT2D eigenvalue weighted by atomic mass is 10.1. The third kappa shape index (κ3) is 3.71. The predicted molar refractivity (Wildman–Crippen MR) is 70.7 cm³/mol. The molecule has 0 bridgehead atoms. The van der Waals surface area contributed by atoms with Crippen LogP contribution in [0.25, 0.3) is 6.08 Å². The molecule has 0 amide bonds. The van der Waals surface area contributed by atoms with Crippen LogP contribution in [0.4, 0.5) is 8.78 Å². The first-order chi connectivity index (χ1) is 9.66. The van der Waals surface area contributed by atoms with E-state index in [4.69, 9.17) is 0 Å². The highest BCUT2D eigenvalue weighted by Gasteiger charge is 2.07. The molecule has 3 nitrogen and oxygen atoms in total. The van der Waals surface area contributed by atoms with Crippen molar-refractivity contribution in [3.8, 4) is 5.75 Å². The molecule has 2 aromatic rings. The fraction of sp³-hybridized carbons (Fsp3) is 0.0667. The highest BCUT2D eigenvalue weighted by atomic mass is 19.3. The van der Waals surface area contributed by atoms with Gasteiger partial charge in [0.25, 0.3) is 0 Å². The molecule has 0 N–H and O–H groups in total. The van der Waals surface area contributed by atoms with Gasteiger partial charge in [-0.05, 0) is 30.4 Å². The van der Waals surface area contributed by atoms with E-state index < -0.39 is 6.61 Å². The molecule has 0 unspecified atom stereocenters. The fourth-order valence-electron chi connectivity index (χ4n) is 1.59. The third-order valence-corrected chi connectivity index (χ3v) is 2.50. The minimum absolute atomic E-state index is 0.0257. The number of carbonyl (C=O) groups excluding carboxylic acids is 1. The Bertz CT molecular complexity index is 612. The number of hydrogen-bond acceptors (Lipinski definition) is 3. The van der Waals surface area contributed by atoms with Gasteiger partial charge in [0.05, 0.1) is 0 Å². The molecular weight excluding hydrogens is 264 g/mol. The van der Waals surface area contributed by atoms with Crippen LogP contribution in [0.15, 0.2) is 54.9 Å². The molecule has 0 saturated carbocycles. The number of alkyl halides is 2. The van der Waals surface area contributed by atoms with Crippen LogP contribution in [0.2, 0.25) is 0 Å². The molecule has 5 heteroatoms. The maximum atomic E-state index is 12.2. The standard InChI is InChI=1S/C15H11F2NO2/c16-15(17)20-14-6-2-1-4-11(14)7-8-13(19)12-5-3-9-18-10-12/h1-10,15H/b8-7+. The number of para-hydroxylation sites is 1. The van der Waals surface area contributed by atoms with Crippen molar-refractivity contribution in [2.24, 2.45) is 0 Å². The van der Waals surface area contributed by atoms with Gasteiger partial charge >= 0.3 is 6.61 Å². The fourth-order valence-corrected chi connectivity index (χ4v) is 1.59. The lowest BCUT2D eigenvalue weighted by molar-refractivity contribution is -0.0499. The number of aromatic nitrogens is 1. The Hall–Kier alpha value is -2.56. The number of halogens is 2. The Balaban J connectivity index is 2.17. The quantitative estimate of drug-likeness (QED) is 0.618. The van der Waals surface area contributed by atoms with Gasteiger partial charge in [-0.2, -0.15) is 8.78 Å². The molecule has 0 atom stereocenters. The number of ketones is 1. The Morgan fingerprint density at radius 3 is 2.70 bits per heavy atom. The van der Waals surface area contributed by atoms with Crippen LogP contribution in [-0.4, -0.2) is 17.4 Å². The van der Waals surface area contributed by atoms with Crippen molar-refractivity contribution in [1.29, 1.82) is 0 Å². The zero-order valence-electron chi connectivity index (χ0n) is 10.4. The van der Waals surface area contributed by atoms with E-state index in [0.29, 0.717) is 11.1 Å². The number of hydrogen-bond donors (Lipinski definition) is 0. The van der Waals surface area contributed by atoms with Crippen molar-refractivity contribution >= 4 is 11.9 Å². The van der Waals surface area contributed by atoms with E-state index in [1.165, 1.54) is 24.4 Å². The van der Waals surface area contributed by atoms with Gasteiger partial charge in [-0.1, -0.05) is 18.2 Å². The summed E-state index contributed by atoms with van der Waals surface area (Å²) in [4.78, 5) is 15.7. The molecule has 0 fully saturated rings. The van der Waals surface area contributed by atoms with E-state index in [-0.39, 0.29) is 11.5 Å². The minimum Gasteiger partial charge on any atom is -0.434 e. The Labute approximate surface area is 114 Å². The van der Waals surface area contributed by atoms with Crippen LogP contribution in [0.3, 0.4) is 0 Å². The maximum absolute atomic E-state index is 12.2. The number of ether oxygens (including phenoxy) is 1. The van der Waals surface area contributed by atoms with E-state index in [9.17, 15) is 13.6 Å². The zero-order chi connectivity index (χ0) is 14.4. The highest BCUT2D eigenvalue weighted by molar-refractivity contribution is 6.06. The van der Waals surface area contributed by atoms with Crippen LogP contribution in [-0.2, 0) is 0 Å². The van der Waals surface area contributed by atoms with Crippen LogP contribution in [0.5, 0.6) is 5.75 Å². The van der Waals surface area contributed by atoms with Crippen LogP contribution >= 0.6 is 0 Å². The van der Waals surface area contributed by atoms with Crippen molar-refractivity contribution in [1.82, 2.24) is 4.98 Å². The lowest BCUT2D eigenvalue weighted by Gasteiger charge is -2.07. The largest absolute Gasteiger partial charge is 0.434 e. The third-order valence-electron chi connectivity index (χ3n) is 2.50. The SMILES string of the molecule is O=C(/C=C/c1ccccc1OC(F)F)c1cccnc1. The minimum atomic E-state index is -2.90. The molecule has 0 aliphatic heterocycles. The van der Waals surface area contributed by atoms with Crippen molar-refractivity contribution in [2.45, 2.75) is 6.61 Å². The number of rotatable bonds is 5. The second-order valence-electron chi connectivity index (χ2n) is 3.86. The van der Waals surface area contributed by atoms with Gasteiger partial charge in [0.1, 0.15) is 5.75 Å². The van der Waals surface area contributed by atoms with Crippen molar-refractivity contribution < 1.29 is 18.3 Å². The average Bonchev–Trinajstić information content (AvgIpc) is 2.46. The molecule has 1 aromatic heterocycles. The maximum Gasteiger partial charge on any atom is 0.387 e. The van der Waals surface area contributed by atoms with E-state index in [2.05, 4.69) is 9.72 Å². The molecule has 0 spiro atoms. The smallest absolute Gasteiger partial charge is 0.387 e. The van der Waals surface area contributed by atoms with Gasteiger partial charge in [0, 0.05) is 23.5 Å². The van der Waals surface area contributed by atoms with Crippen molar-refractivity contribution in [3.63, 3.8) is 0 Å². The zero-order valence-corrected chi connectivity index (χ0v) is 10.4. The molecule has 0 saturated heterocycles. The van der Waals surface area contributed by atoms with Gasteiger partial charge in [0.2, 0.25) is 0 Å². The molecule has 20 heavy (non-hydrogen) atoms. The summed E-state index contributed by atoms with van der Waals surface area (Å²) in [6.07, 6.45) is 5.73. The van der Waals surface area contributed by atoms with Gasteiger partial charge in [-0.3, -0.25) is 9.78 Å². The summed E-state index contributed by atoms with van der Waals surface area (Å²) in [7, 11) is 0. The summed E-state index contributed by atoms with van der Waals surface area (Å²) in [6, 6.07) is 9.53. The monoisotopic (exact) mass is 275 g/mol. The first kappa shape index (κ1) is 13.9. The van der Waals surface area contributed by atoms with Gasteiger partial charge in [-0.25, -0.2) is 0 Å². The number of nitrogens with zero attached hydrogens (tertiary/aromatic N) is 1.